The van der Waals surface area contributed by atoms with Gasteiger partial charge in [-0.25, -0.2) is 4.79 Å². The second-order valence-corrected chi connectivity index (χ2v) is 2.43. The molecule has 1 rings (SSSR count). The van der Waals surface area contributed by atoms with Gasteiger partial charge in [0.1, 0.15) is 6.61 Å². The van der Waals surface area contributed by atoms with Crippen molar-refractivity contribution in [2.24, 2.45) is 0 Å². The Balaban J connectivity index is 2.45. The molecule has 1 aliphatic rings. The Morgan fingerprint density at radius 3 is 3.00 bits per heavy atom. The van der Waals surface area contributed by atoms with Crippen LogP contribution in [0.3, 0.4) is 0 Å². The van der Waals surface area contributed by atoms with Crippen molar-refractivity contribution in [2.75, 3.05) is 26.8 Å². The molecule has 5 heteroatoms. The minimum atomic E-state index is -0.409. The maximum Gasteiger partial charge on any atom is 0.409 e. The van der Waals surface area contributed by atoms with E-state index in [0.717, 1.165) is 0 Å². The lowest BCUT2D eigenvalue weighted by molar-refractivity contribution is -0.142. The van der Waals surface area contributed by atoms with Gasteiger partial charge in [-0.2, -0.15) is 0 Å². The topological polar surface area (TPSA) is 55.8 Å². The molecule has 5 nitrogen and oxygen atoms in total. The number of ether oxygens (including phenoxy) is 2. The molecule has 0 aromatic rings. The number of hydrogen-bond acceptors (Lipinski definition) is 4. The molecule has 0 N–H and O–H groups in total. The van der Waals surface area contributed by atoms with E-state index in [1.807, 2.05) is 0 Å². The second-order valence-electron chi connectivity index (χ2n) is 2.43. The van der Waals surface area contributed by atoms with Gasteiger partial charge in [0, 0.05) is 6.54 Å². The molecular weight excluding hydrogens is 162 g/mol. The smallest absolute Gasteiger partial charge is 0.409 e. The third kappa shape index (κ3) is 2.11. The molecule has 0 spiro atoms. The number of methoxy groups -OCH3 is 1. The molecular formula is C7H11NO4. The summed E-state index contributed by atoms with van der Waals surface area (Å²) in [6.07, 6.45) is -0.164. The number of nitrogens with zero attached hydrogens (tertiary/aromatic N) is 1. The van der Waals surface area contributed by atoms with Crippen molar-refractivity contribution < 1.29 is 19.1 Å². The highest BCUT2D eigenvalue weighted by molar-refractivity contribution is 5.72. The van der Waals surface area contributed by atoms with Crippen molar-refractivity contribution in [3.8, 4) is 0 Å². The lowest BCUT2D eigenvalue weighted by atomic mass is 10.4. The Hall–Kier alpha value is -1.26. The van der Waals surface area contributed by atoms with Crippen LogP contribution in [0.4, 0.5) is 4.79 Å². The molecule has 1 heterocycles. The summed E-state index contributed by atoms with van der Waals surface area (Å²) in [7, 11) is 1.32. The number of esters is 1. The standard InChI is InChI=1S/C7H11NO4/c1-11-7(10)8-3-2-6(9)12-5-4-8/h2-5H2,1H3. The van der Waals surface area contributed by atoms with E-state index >= 15 is 0 Å². The summed E-state index contributed by atoms with van der Waals surface area (Å²) >= 11 is 0. The van der Waals surface area contributed by atoms with Gasteiger partial charge < -0.3 is 14.4 Å². The van der Waals surface area contributed by atoms with E-state index in [9.17, 15) is 9.59 Å². The zero-order valence-electron chi connectivity index (χ0n) is 6.91. The summed E-state index contributed by atoms with van der Waals surface area (Å²) in [6, 6.07) is 0. The Kier molecular flexibility index (Phi) is 2.90. The average Bonchev–Trinajstić information content (AvgIpc) is 2.29. The van der Waals surface area contributed by atoms with Gasteiger partial charge in [0.25, 0.3) is 0 Å². The molecule has 0 atom stereocenters. The Bertz CT molecular complexity index is 192. The zero-order chi connectivity index (χ0) is 8.97. The van der Waals surface area contributed by atoms with Crippen molar-refractivity contribution in [3.63, 3.8) is 0 Å². The lowest BCUT2D eigenvalue weighted by Crippen LogP contribution is -2.32. The summed E-state index contributed by atoms with van der Waals surface area (Å²) in [5.41, 5.74) is 0. The van der Waals surface area contributed by atoms with Crippen molar-refractivity contribution in [1.29, 1.82) is 0 Å². The predicted octanol–water partition coefficient (Wildman–Crippen LogP) is 0.00170. The van der Waals surface area contributed by atoms with Gasteiger partial charge in [-0.1, -0.05) is 0 Å². The first-order valence-electron chi connectivity index (χ1n) is 3.72. The van der Waals surface area contributed by atoms with Gasteiger partial charge in [0.05, 0.1) is 20.1 Å². The molecule has 12 heavy (non-hydrogen) atoms. The Labute approximate surface area is 70.2 Å². The highest BCUT2D eigenvalue weighted by Crippen LogP contribution is 2.01. The Morgan fingerprint density at radius 1 is 1.58 bits per heavy atom. The van der Waals surface area contributed by atoms with Crippen LogP contribution in [0.15, 0.2) is 0 Å². The van der Waals surface area contributed by atoms with E-state index in [-0.39, 0.29) is 19.0 Å². The van der Waals surface area contributed by atoms with Crippen molar-refractivity contribution in [3.05, 3.63) is 0 Å². The van der Waals surface area contributed by atoms with Crippen LogP contribution in [0, 0.1) is 0 Å². The number of amides is 1. The van der Waals surface area contributed by atoms with Crippen molar-refractivity contribution in [1.82, 2.24) is 4.90 Å². The zero-order valence-corrected chi connectivity index (χ0v) is 6.91. The first-order chi connectivity index (χ1) is 5.74. The van der Waals surface area contributed by atoms with Crippen molar-refractivity contribution >= 4 is 12.1 Å². The maximum absolute atomic E-state index is 11.0. The molecule has 0 aliphatic carbocycles. The SMILES string of the molecule is COC(=O)N1CCOC(=O)CC1. The second kappa shape index (κ2) is 3.94. The molecule has 68 valence electrons. The fourth-order valence-corrected chi connectivity index (χ4v) is 0.992. The van der Waals surface area contributed by atoms with Crippen LogP contribution in [-0.4, -0.2) is 43.8 Å². The highest BCUT2D eigenvalue weighted by atomic mass is 16.5. The van der Waals surface area contributed by atoms with E-state index in [4.69, 9.17) is 4.74 Å². The fraction of sp³-hybridized carbons (Fsp3) is 0.714. The number of rotatable bonds is 0. The summed E-state index contributed by atoms with van der Waals surface area (Å²) in [5, 5.41) is 0. The molecule has 1 aliphatic heterocycles. The van der Waals surface area contributed by atoms with Crippen LogP contribution in [0.2, 0.25) is 0 Å². The van der Waals surface area contributed by atoms with E-state index in [1.165, 1.54) is 12.0 Å². The van der Waals surface area contributed by atoms with Gasteiger partial charge in [-0.05, 0) is 0 Å². The summed E-state index contributed by atoms with van der Waals surface area (Å²) in [6.45, 7) is 1.05. The molecule has 1 saturated heterocycles. The minimum absolute atomic E-state index is 0.245. The molecule has 0 bridgehead atoms. The molecule has 0 unspecified atom stereocenters. The highest BCUT2D eigenvalue weighted by Gasteiger charge is 2.19. The van der Waals surface area contributed by atoms with Gasteiger partial charge in [0.15, 0.2) is 0 Å². The van der Waals surface area contributed by atoms with Crippen LogP contribution < -0.4 is 0 Å². The molecule has 0 aromatic heterocycles. The minimum Gasteiger partial charge on any atom is -0.464 e. The third-order valence-corrected chi connectivity index (χ3v) is 1.64. The van der Waals surface area contributed by atoms with Crippen LogP contribution in [0.5, 0.6) is 0 Å². The number of carbonyl (C=O) groups excluding carboxylic acids is 2. The fourth-order valence-electron chi connectivity index (χ4n) is 0.992. The van der Waals surface area contributed by atoms with E-state index in [2.05, 4.69) is 4.74 Å². The number of carbonyl (C=O) groups is 2. The van der Waals surface area contributed by atoms with E-state index < -0.39 is 6.09 Å². The molecule has 1 fully saturated rings. The van der Waals surface area contributed by atoms with Gasteiger partial charge in [0.2, 0.25) is 0 Å². The first-order valence-corrected chi connectivity index (χ1v) is 3.72. The first kappa shape index (κ1) is 8.83. The van der Waals surface area contributed by atoms with Crippen LogP contribution in [-0.2, 0) is 14.3 Å². The quantitative estimate of drug-likeness (QED) is 0.484. The van der Waals surface area contributed by atoms with E-state index in [0.29, 0.717) is 13.1 Å². The number of hydrogen-bond donors (Lipinski definition) is 0. The maximum atomic E-state index is 11.0. The summed E-state index contributed by atoms with van der Waals surface area (Å²) in [4.78, 5) is 23.2. The lowest BCUT2D eigenvalue weighted by Gasteiger charge is -2.16. The van der Waals surface area contributed by atoms with E-state index in [1.54, 1.807) is 0 Å². The van der Waals surface area contributed by atoms with Gasteiger partial charge in [-0.3, -0.25) is 4.79 Å². The van der Waals surface area contributed by atoms with Crippen LogP contribution in [0.25, 0.3) is 0 Å². The van der Waals surface area contributed by atoms with Gasteiger partial charge >= 0.3 is 12.1 Å². The van der Waals surface area contributed by atoms with Crippen LogP contribution >= 0.6 is 0 Å². The number of cyclic esters (lactones) is 1. The molecule has 0 aromatic carbocycles. The molecule has 0 saturated carbocycles. The van der Waals surface area contributed by atoms with Gasteiger partial charge in [-0.15, -0.1) is 0 Å². The molecule has 0 radical (unpaired) electrons. The average molecular weight is 173 g/mol. The monoisotopic (exact) mass is 173 g/mol. The molecule has 1 amide bonds. The largest absolute Gasteiger partial charge is 0.464 e. The summed E-state index contributed by atoms with van der Waals surface area (Å²) in [5.74, 6) is -0.263. The third-order valence-electron chi connectivity index (χ3n) is 1.64. The Morgan fingerprint density at radius 2 is 2.33 bits per heavy atom. The predicted molar refractivity (Wildman–Crippen MR) is 39.6 cm³/mol. The normalized spacial score (nSPS) is 18.1. The van der Waals surface area contributed by atoms with Crippen molar-refractivity contribution in [2.45, 2.75) is 6.42 Å². The van der Waals surface area contributed by atoms with Crippen LogP contribution in [0.1, 0.15) is 6.42 Å². The summed E-state index contributed by atoms with van der Waals surface area (Å²) < 4.78 is 9.24.